The number of hydrogen-bond donors (Lipinski definition) is 1. The first-order valence-corrected chi connectivity index (χ1v) is 6.21. The van der Waals surface area contributed by atoms with Gasteiger partial charge in [0.25, 0.3) is 5.56 Å². The zero-order valence-corrected chi connectivity index (χ0v) is 10.9. The highest BCUT2D eigenvalue weighted by atomic mass is 32.1. The fourth-order valence-corrected chi connectivity index (χ4v) is 2.29. The molecule has 0 aliphatic rings. The van der Waals surface area contributed by atoms with Crippen LogP contribution in [0.5, 0.6) is 0 Å². The summed E-state index contributed by atoms with van der Waals surface area (Å²) in [5, 5.41) is 13.1. The van der Waals surface area contributed by atoms with E-state index in [1.165, 1.54) is 15.9 Å². The molecule has 0 aliphatic heterocycles. The van der Waals surface area contributed by atoms with E-state index in [0.29, 0.717) is 23.6 Å². The van der Waals surface area contributed by atoms with Crippen molar-refractivity contribution >= 4 is 16.3 Å². The molecule has 0 bridgehead atoms. The monoisotopic (exact) mass is 253 g/mol. The maximum Gasteiger partial charge on any atom is 0.297 e. The summed E-state index contributed by atoms with van der Waals surface area (Å²) in [6.07, 6.45) is 0.651. The third-order valence-electron chi connectivity index (χ3n) is 2.30. The van der Waals surface area contributed by atoms with Crippen LogP contribution in [0, 0.1) is 0 Å². The van der Waals surface area contributed by atoms with Crippen LogP contribution in [0.3, 0.4) is 0 Å². The van der Waals surface area contributed by atoms with Crippen molar-refractivity contribution in [2.75, 3.05) is 6.54 Å². The first kappa shape index (κ1) is 12.1. The molecule has 2 aromatic rings. The Hall–Kier alpha value is -1.34. The summed E-state index contributed by atoms with van der Waals surface area (Å²) >= 11 is 1.35. The van der Waals surface area contributed by atoms with Crippen LogP contribution < -0.4 is 11.3 Å². The third kappa shape index (κ3) is 2.20. The minimum Gasteiger partial charge on any atom is -0.330 e. The van der Waals surface area contributed by atoms with Gasteiger partial charge in [0.05, 0.1) is 0 Å². The van der Waals surface area contributed by atoms with Gasteiger partial charge in [-0.1, -0.05) is 32.1 Å². The molecule has 0 saturated heterocycles. The molecule has 17 heavy (non-hydrogen) atoms. The van der Waals surface area contributed by atoms with E-state index in [4.69, 9.17) is 5.73 Å². The molecule has 2 heterocycles. The molecular weight excluding hydrogens is 238 g/mol. The maximum atomic E-state index is 12.2. The molecule has 2 aromatic heterocycles. The molecule has 0 amide bonds. The van der Waals surface area contributed by atoms with E-state index < -0.39 is 0 Å². The van der Waals surface area contributed by atoms with Crippen molar-refractivity contribution in [3.63, 3.8) is 0 Å². The topological polar surface area (TPSA) is 86.2 Å². The van der Waals surface area contributed by atoms with Crippen molar-refractivity contribution in [3.05, 3.63) is 21.1 Å². The van der Waals surface area contributed by atoms with Crippen LogP contribution in [0.4, 0.5) is 0 Å². The average molecular weight is 253 g/mol. The van der Waals surface area contributed by atoms with Crippen LogP contribution in [0.2, 0.25) is 0 Å². The smallest absolute Gasteiger partial charge is 0.297 e. The van der Waals surface area contributed by atoms with Gasteiger partial charge in [-0.15, -0.1) is 10.2 Å². The highest BCUT2D eigenvalue weighted by molar-refractivity contribution is 7.16. The Morgan fingerprint density at radius 2 is 2.06 bits per heavy atom. The highest BCUT2D eigenvalue weighted by Gasteiger charge is 2.22. The highest BCUT2D eigenvalue weighted by Crippen LogP contribution is 2.17. The Balaban J connectivity index is 2.63. The van der Waals surface area contributed by atoms with E-state index in [1.54, 1.807) is 0 Å². The van der Waals surface area contributed by atoms with E-state index >= 15 is 0 Å². The van der Waals surface area contributed by atoms with Crippen LogP contribution in [0.25, 0.3) is 4.96 Å². The second kappa shape index (κ2) is 4.15. The van der Waals surface area contributed by atoms with Gasteiger partial charge in [0.2, 0.25) is 4.96 Å². The van der Waals surface area contributed by atoms with E-state index in [-0.39, 0.29) is 11.0 Å². The average Bonchev–Trinajstić information content (AvgIpc) is 2.60. The fourth-order valence-electron chi connectivity index (χ4n) is 1.45. The van der Waals surface area contributed by atoms with Crippen molar-refractivity contribution < 1.29 is 0 Å². The predicted octanol–water partition coefficient (Wildman–Crippen LogP) is 0.345. The molecular formula is C10H15N5OS. The maximum absolute atomic E-state index is 12.2. The van der Waals surface area contributed by atoms with Gasteiger partial charge in [-0.3, -0.25) is 4.79 Å². The lowest BCUT2D eigenvalue weighted by atomic mass is 9.93. The lowest BCUT2D eigenvalue weighted by molar-refractivity contribution is 0.542. The molecule has 0 unspecified atom stereocenters. The normalized spacial score (nSPS) is 12.2. The van der Waals surface area contributed by atoms with E-state index in [9.17, 15) is 4.79 Å². The Labute approximate surface area is 102 Å². The number of aromatic nitrogens is 4. The van der Waals surface area contributed by atoms with E-state index in [0.717, 1.165) is 5.01 Å². The molecule has 0 radical (unpaired) electrons. The molecule has 7 heteroatoms. The van der Waals surface area contributed by atoms with Crippen LogP contribution >= 0.6 is 11.3 Å². The summed E-state index contributed by atoms with van der Waals surface area (Å²) in [6, 6.07) is 0. The van der Waals surface area contributed by atoms with Crippen molar-refractivity contribution in [2.45, 2.75) is 32.6 Å². The number of hydrogen-bond acceptors (Lipinski definition) is 6. The van der Waals surface area contributed by atoms with Gasteiger partial charge in [0, 0.05) is 11.8 Å². The van der Waals surface area contributed by atoms with Gasteiger partial charge in [-0.25, -0.2) is 0 Å². The van der Waals surface area contributed by atoms with Gasteiger partial charge in [0.15, 0.2) is 0 Å². The molecule has 92 valence electrons. The van der Waals surface area contributed by atoms with Gasteiger partial charge in [-0.05, 0) is 6.54 Å². The third-order valence-corrected chi connectivity index (χ3v) is 3.26. The molecule has 2 N–H and O–H groups in total. The van der Waals surface area contributed by atoms with Crippen LogP contribution in [-0.2, 0) is 11.8 Å². The Kier molecular flexibility index (Phi) is 2.96. The predicted molar refractivity (Wildman–Crippen MR) is 66.4 cm³/mol. The number of fused-ring (bicyclic) bond motifs is 1. The zero-order chi connectivity index (χ0) is 12.6. The Morgan fingerprint density at radius 3 is 2.65 bits per heavy atom. The SMILES string of the molecule is CC(C)(C)c1nnc2sc(CCN)nn2c1=O. The standard InChI is InChI=1S/C10H15N5OS/c1-10(2,3)7-8(16)15-9(13-12-7)17-6(14-15)4-5-11/h4-5,11H2,1-3H3. The molecule has 0 fully saturated rings. The summed E-state index contributed by atoms with van der Waals surface area (Å²) in [6.45, 7) is 6.29. The fraction of sp³-hybridized carbons (Fsp3) is 0.600. The second-order valence-electron chi connectivity index (χ2n) is 4.83. The summed E-state index contributed by atoms with van der Waals surface area (Å²) in [5.41, 5.74) is 5.37. The first-order chi connectivity index (χ1) is 7.93. The van der Waals surface area contributed by atoms with Gasteiger partial charge in [-0.2, -0.15) is 9.61 Å². The van der Waals surface area contributed by atoms with Crippen molar-refractivity contribution in [1.29, 1.82) is 0 Å². The lowest BCUT2D eigenvalue weighted by Gasteiger charge is -2.14. The van der Waals surface area contributed by atoms with Gasteiger partial charge >= 0.3 is 0 Å². The quantitative estimate of drug-likeness (QED) is 0.834. The number of nitrogens with two attached hydrogens (primary N) is 1. The second-order valence-corrected chi connectivity index (χ2v) is 5.87. The largest absolute Gasteiger partial charge is 0.330 e. The number of rotatable bonds is 2. The summed E-state index contributed by atoms with van der Waals surface area (Å²) in [7, 11) is 0. The summed E-state index contributed by atoms with van der Waals surface area (Å²) in [5.74, 6) is 0. The summed E-state index contributed by atoms with van der Waals surface area (Å²) in [4.78, 5) is 12.7. The van der Waals surface area contributed by atoms with Crippen LogP contribution in [-0.4, -0.2) is 26.4 Å². The molecule has 0 aliphatic carbocycles. The lowest BCUT2D eigenvalue weighted by Crippen LogP contribution is -2.30. The molecule has 0 spiro atoms. The minimum atomic E-state index is -0.330. The molecule has 6 nitrogen and oxygen atoms in total. The van der Waals surface area contributed by atoms with Crippen LogP contribution in [0.15, 0.2) is 4.79 Å². The molecule has 0 atom stereocenters. The van der Waals surface area contributed by atoms with Crippen molar-refractivity contribution in [1.82, 2.24) is 19.8 Å². The molecule has 0 saturated carbocycles. The molecule has 0 aromatic carbocycles. The minimum absolute atomic E-state index is 0.193. The number of nitrogens with zero attached hydrogens (tertiary/aromatic N) is 4. The van der Waals surface area contributed by atoms with E-state index in [2.05, 4.69) is 15.3 Å². The van der Waals surface area contributed by atoms with Crippen molar-refractivity contribution in [3.8, 4) is 0 Å². The first-order valence-electron chi connectivity index (χ1n) is 5.39. The van der Waals surface area contributed by atoms with Crippen LogP contribution in [0.1, 0.15) is 31.5 Å². The summed E-state index contributed by atoms with van der Waals surface area (Å²) < 4.78 is 1.32. The van der Waals surface area contributed by atoms with Gasteiger partial charge < -0.3 is 5.73 Å². The van der Waals surface area contributed by atoms with Gasteiger partial charge in [0.1, 0.15) is 10.7 Å². The Morgan fingerprint density at radius 1 is 1.35 bits per heavy atom. The Bertz CT molecular complexity index is 595. The zero-order valence-electron chi connectivity index (χ0n) is 10.1. The van der Waals surface area contributed by atoms with Crippen molar-refractivity contribution in [2.24, 2.45) is 5.73 Å². The molecule has 2 rings (SSSR count). The van der Waals surface area contributed by atoms with E-state index in [1.807, 2.05) is 20.8 Å².